The van der Waals surface area contributed by atoms with E-state index in [2.05, 4.69) is 26.2 Å². The molecule has 1 aromatic rings. The van der Waals surface area contributed by atoms with Crippen LogP contribution in [-0.4, -0.2) is 96.0 Å². The van der Waals surface area contributed by atoms with E-state index in [9.17, 15) is 34.3 Å². The first-order valence-electron chi connectivity index (χ1n) is 9.72. The van der Waals surface area contributed by atoms with Crippen LogP contribution in [0.15, 0.2) is 21.8 Å². The van der Waals surface area contributed by atoms with E-state index in [1.165, 1.54) is 22.2 Å². The van der Waals surface area contributed by atoms with E-state index in [1.807, 2.05) is 0 Å². The lowest BCUT2D eigenvalue weighted by Crippen LogP contribution is -2.71. The number of fused-ring (bicyclic) bond motifs is 1. The molecule has 186 valence electrons. The summed E-state index contributed by atoms with van der Waals surface area (Å²) in [7, 11) is 1.54. The molecule has 2 saturated heterocycles. The van der Waals surface area contributed by atoms with Crippen LogP contribution < -0.4 is 21.8 Å². The zero-order valence-electron chi connectivity index (χ0n) is 17.8. The number of aliphatic carboxylic acids is 1. The average Bonchev–Trinajstić information content (AvgIpc) is 3.24. The number of carboxylic acids is 1. The number of amides is 4. The summed E-state index contributed by atoms with van der Waals surface area (Å²) < 4.78 is 0. The molecule has 3 aliphatic rings. The Bertz CT molecular complexity index is 1180. The van der Waals surface area contributed by atoms with E-state index < -0.39 is 52.2 Å². The molecule has 0 unspecified atom stereocenters. The summed E-state index contributed by atoms with van der Waals surface area (Å²) in [6.45, 7) is 0. The van der Waals surface area contributed by atoms with Crippen molar-refractivity contribution < 1.29 is 34.3 Å². The van der Waals surface area contributed by atoms with Crippen molar-refractivity contribution >= 4 is 75.3 Å². The minimum absolute atomic E-state index is 0.0359. The number of thioether (sulfide) groups is 2. The van der Waals surface area contributed by atoms with Crippen molar-refractivity contribution in [1.82, 2.24) is 31.0 Å². The number of β-lactam (4-membered cyclic amide) rings is 1. The first-order valence-corrected chi connectivity index (χ1v) is 12.7. The number of anilines is 1. The second-order valence-electron chi connectivity index (χ2n) is 7.33. The fourth-order valence-corrected chi connectivity index (χ4v) is 6.58. The number of carbonyl (C=O) groups is 5. The van der Waals surface area contributed by atoms with Crippen LogP contribution in [0.3, 0.4) is 0 Å². The van der Waals surface area contributed by atoms with Crippen LogP contribution in [0.1, 0.15) is 5.69 Å². The second-order valence-corrected chi connectivity index (χ2v) is 10.4. The molecule has 18 heteroatoms. The number of nitrogen functional groups attached to an aromatic ring is 1. The smallest absolute Gasteiger partial charge is 0.352 e. The number of thiazole rings is 1. The van der Waals surface area contributed by atoms with Gasteiger partial charge in [0.2, 0.25) is 0 Å². The molecule has 0 spiro atoms. The third kappa shape index (κ3) is 4.64. The van der Waals surface area contributed by atoms with Crippen LogP contribution in [-0.2, 0) is 24.0 Å². The number of carboxylic acid groups (broad SMARTS) is 1. The van der Waals surface area contributed by atoms with Gasteiger partial charge in [-0.2, -0.15) is 5.01 Å². The van der Waals surface area contributed by atoms with Crippen LogP contribution in [0.4, 0.5) is 5.13 Å². The molecule has 35 heavy (non-hydrogen) atoms. The van der Waals surface area contributed by atoms with Gasteiger partial charge in [-0.05, 0) is 5.57 Å². The minimum atomic E-state index is -1.31. The first kappa shape index (κ1) is 24.8. The third-order valence-corrected chi connectivity index (χ3v) is 8.40. The van der Waals surface area contributed by atoms with Crippen molar-refractivity contribution in [3.05, 3.63) is 22.3 Å². The summed E-state index contributed by atoms with van der Waals surface area (Å²) in [5.74, 6) is -4.03. The van der Waals surface area contributed by atoms with Crippen molar-refractivity contribution in [2.24, 2.45) is 5.16 Å². The Labute approximate surface area is 209 Å². The molecule has 3 aliphatic heterocycles. The standard InChI is InChI=1S/C17H18N8O7S3/c1-24-17(21-11(27)12(28)22-24)35-3-5-2-33-14-8(13(29)25(14)9(5)15(30)31)20-10(26)7(23-32)6-4-34-16(18)19-6/h4,8,14,17,32H,2-3H2,1H3,(H2,18,19)(H,20,26)(H,21,27)(H,22,28)(H,30,31)/b23-7-/t8-,14-,17-/m0/s1. The maximum Gasteiger partial charge on any atom is 0.352 e. The average molecular weight is 543 g/mol. The number of aromatic nitrogens is 1. The number of nitrogens with two attached hydrogens (primary N) is 1. The maximum absolute atomic E-state index is 12.8. The molecule has 0 aliphatic carbocycles. The highest BCUT2D eigenvalue weighted by atomic mass is 32.2. The first-order chi connectivity index (χ1) is 16.6. The van der Waals surface area contributed by atoms with Crippen molar-refractivity contribution in [3.63, 3.8) is 0 Å². The highest BCUT2D eigenvalue weighted by Gasteiger charge is 2.54. The minimum Gasteiger partial charge on any atom is -0.477 e. The highest BCUT2D eigenvalue weighted by Crippen LogP contribution is 2.41. The van der Waals surface area contributed by atoms with Crippen molar-refractivity contribution in [3.8, 4) is 0 Å². The van der Waals surface area contributed by atoms with Crippen LogP contribution in [0.5, 0.6) is 0 Å². The topological polar surface area (TPSA) is 220 Å². The van der Waals surface area contributed by atoms with E-state index in [-0.39, 0.29) is 28.0 Å². The van der Waals surface area contributed by atoms with Gasteiger partial charge in [0, 0.05) is 23.9 Å². The Balaban J connectivity index is 1.45. The second kappa shape index (κ2) is 9.72. The van der Waals surface area contributed by atoms with E-state index in [0.29, 0.717) is 5.57 Å². The summed E-state index contributed by atoms with van der Waals surface area (Å²) in [6, 6.07) is -1.04. The van der Waals surface area contributed by atoms with Gasteiger partial charge in [0.15, 0.2) is 10.8 Å². The SMILES string of the molecule is CN1NC(=O)C(=O)N[C@@H]1SCC1=C(C(=O)O)N2C(=O)[C@H](NC(=O)/C(=N\O)c3csc(N)n3)[C@@H]2SC1. The van der Waals surface area contributed by atoms with E-state index in [0.717, 1.165) is 28.0 Å². The highest BCUT2D eigenvalue weighted by molar-refractivity contribution is 8.01. The van der Waals surface area contributed by atoms with Crippen LogP contribution >= 0.6 is 34.9 Å². The van der Waals surface area contributed by atoms with Gasteiger partial charge >= 0.3 is 17.8 Å². The molecular formula is C17H18N8O7S3. The number of hydrogen-bond acceptors (Lipinski definition) is 13. The number of oxime groups is 1. The molecule has 3 atom stereocenters. The molecule has 1 aromatic heterocycles. The fourth-order valence-electron chi connectivity index (χ4n) is 3.49. The van der Waals surface area contributed by atoms with Gasteiger partial charge in [0.25, 0.3) is 11.8 Å². The fraction of sp³-hybridized carbons (Fsp3) is 0.353. The van der Waals surface area contributed by atoms with Crippen molar-refractivity contribution in [1.29, 1.82) is 0 Å². The van der Waals surface area contributed by atoms with Gasteiger partial charge in [-0.1, -0.05) is 5.16 Å². The number of carbonyl (C=O) groups excluding carboxylic acids is 4. The van der Waals surface area contributed by atoms with Gasteiger partial charge in [-0.3, -0.25) is 29.5 Å². The third-order valence-electron chi connectivity index (χ3n) is 5.12. The predicted octanol–water partition coefficient (Wildman–Crippen LogP) is -2.25. The Morgan fingerprint density at radius 2 is 2.11 bits per heavy atom. The predicted molar refractivity (Wildman–Crippen MR) is 125 cm³/mol. The van der Waals surface area contributed by atoms with Gasteiger partial charge in [-0.25, -0.2) is 9.78 Å². The van der Waals surface area contributed by atoms with Crippen LogP contribution in [0.25, 0.3) is 0 Å². The lowest BCUT2D eigenvalue weighted by Gasteiger charge is -2.49. The molecule has 2 fully saturated rings. The maximum atomic E-state index is 12.8. The van der Waals surface area contributed by atoms with Crippen LogP contribution in [0.2, 0.25) is 0 Å². The van der Waals surface area contributed by atoms with Crippen molar-refractivity contribution in [2.75, 3.05) is 24.3 Å². The van der Waals surface area contributed by atoms with E-state index in [1.54, 1.807) is 7.05 Å². The molecule has 4 heterocycles. The number of rotatable bonds is 7. The van der Waals surface area contributed by atoms with Gasteiger partial charge in [0.1, 0.15) is 28.3 Å². The molecule has 0 saturated carbocycles. The molecule has 0 bridgehead atoms. The molecule has 0 aromatic carbocycles. The molecule has 4 rings (SSSR count). The van der Waals surface area contributed by atoms with Gasteiger partial charge < -0.3 is 26.7 Å². The van der Waals surface area contributed by atoms with Crippen LogP contribution in [0, 0.1) is 0 Å². The zero-order valence-corrected chi connectivity index (χ0v) is 20.2. The molecule has 15 nitrogen and oxygen atoms in total. The van der Waals surface area contributed by atoms with E-state index >= 15 is 0 Å². The number of hydrazine groups is 1. The number of hydrogen-bond donors (Lipinski definition) is 6. The zero-order chi connectivity index (χ0) is 25.4. The Kier molecular flexibility index (Phi) is 6.88. The Morgan fingerprint density at radius 3 is 2.74 bits per heavy atom. The van der Waals surface area contributed by atoms with Crippen molar-refractivity contribution in [2.45, 2.75) is 16.9 Å². The quantitative estimate of drug-likeness (QED) is 0.0707. The molecular weight excluding hydrogens is 524 g/mol. The number of nitrogens with zero attached hydrogens (tertiary/aromatic N) is 4. The summed E-state index contributed by atoms with van der Waals surface area (Å²) >= 11 is 3.45. The Morgan fingerprint density at radius 1 is 1.37 bits per heavy atom. The Hall–Kier alpha value is -3.35. The lowest BCUT2D eigenvalue weighted by molar-refractivity contribution is -0.150. The summed E-state index contributed by atoms with van der Waals surface area (Å²) in [5, 5.41) is 29.2. The summed E-state index contributed by atoms with van der Waals surface area (Å²) in [6.07, 6.45) is 0. The molecule has 7 N–H and O–H groups in total. The van der Waals surface area contributed by atoms with E-state index in [4.69, 9.17) is 5.73 Å². The largest absolute Gasteiger partial charge is 0.477 e. The summed E-state index contributed by atoms with van der Waals surface area (Å²) in [5.41, 5.74) is 7.12. The monoisotopic (exact) mass is 542 g/mol. The van der Waals surface area contributed by atoms with Gasteiger partial charge in [-0.15, -0.1) is 34.9 Å². The number of nitrogens with one attached hydrogen (secondary N) is 3. The summed E-state index contributed by atoms with van der Waals surface area (Å²) in [4.78, 5) is 65.4. The van der Waals surface area contributed by atoms with Gasteiger partial charge in [0.05, 0.1) is 0 Å². The normalized spacial score (nSPS) is 24.9. The molecule has 4 amide bonds. The molecule has 0 radical (unpaired) electrons. The lowest BCUT2D eigenvalue weighted by atomic mass is 10.0.